The second-order valence-electron chi connectivity index (χ2n) is 5.96. The van der Waals surface area contributed by atoms with Gasteiger partial charge in [-0.3, -0.25) is 9.69 Å². The van der Waals surface area contributed by atoms with E-state index in [2.05, 4.69) is 24.1 Å². The molecule has 0 heterocycles. The lowest BCUT2D eigenvalue weighted by Gasteiger charge is -2.35. The first kappa shape index (κ1) is 15.4. The molecule has 0 saturated heterocycles. The van der Waals surface area contributed by atoms with Gasteiger partial charge in [0.15, 0.2) is 0 Å². The molecule has 1 aliphatic carbocycles. The fourth-order valence-electron chi connectivity index (χ4n) is 2.59. The van der Waals surface area contributed by atoms with Gasteiger partial charge in [-0.1, -0.05) is 26.7 Å². The summed E-state index contributed by atoms with van der Waals surface area (Å²) in [5.74, 6) is 0.755. The van der Waals surface area contributed by atoms with Gasteiger partial charge in [-0.15, -0.1) is 0 Å². The maximum absolute atomic E-state index is 11.8. The van der Waals surface area contributed by atoms with Crippen molar-refractivity contribution in [2.45, 2.75) is 58.0 Å². The first-order chi connectivity index (χ1) is 8.50. The minimum absolute atomic E-state index is 0.121. The zero-order valence-electron chi connectivity index (χ0n) is 12.1. The number of hydrogen-bond donors (Lipinski definition) is 2. The van der Waals surface area contributed by atoms with Crippen LogP contribution in [-0.2, 0) is 4.79 Å². The van der Waals surface area contributed by atoms with Gasteiger partial charge in [-0.25, -0.2) is 0 Å². The fourth-order valence-corrected chi connectivity index (χ4v) is 2.59. The van der Waals surface area contributed by atoms with Crippen molar-refractivity contribution in [1.29, 1.82) is 0 Å². The number of carbonyl (C=O) groups excluding carboxylic acids is 1. The van der Waals surface area contributed by atoms with Crippen molar-refractivity contribution in [3.63, 3.8) is 0 Å². The fraction of sp³-hybridized carbons (Fsp3) is 0.929. The van der Waals surface area contributed by atoms with Crippen LogP contribution in [0.25, 0.3) is 0 Å². The Balaban J connectivity index is 2.25. The summed E-state index contributed by atoms with van der Waals surface area (Å²) in [5.41, 5.74) is 6.12. The molecule has 0 spiro atoms. The highest BCUT2D eigenvalue weighted by Crippen LogP contribution is 2.20. The average molecular weight is 255 g/mol. The van der Waals surface area contributed by atoms with Crippen LogP contribution in [0.5, 0.6) is 0 Å². The molecule has 3 N–H and O–H groups in total. The number of rotatable bonds is 6. The van der Waals surface area contributed by atoms with Crippen molar-refractivity contribution in [2.75, 3.05) is 20.1 Å². The summed E-state index contributed by atoms with van der Waals surface area (Å²) in [6, 6.07) is 0.599. The Morgan fingerprint density at radius 2 is 2.06 bits per heavy atom. The third-order valence-electron chi connectivity index (χ3n) is 3.78. The Labute approximate surface area is 111 Å². The van der Waals surface area contributed by atoms with Crippen LogP contribution < -0.4 is 11.1 Å². The molecule has 0 aromatic heterocycles. The number of nitrogens with zero attached hydrogens (tertiary/aromatic N) is 1. The lowest BCUT2D eigenvalue weighted by atomic mass is 9.90. The molecule has 0 aromatic rings. The molecular weight excluding hydrogens is 226 g/mol. The minimum atomic E-state index is 0.121. The van der Waals surface area contributed by atoms with Crippen molar-refractivity contribution >= 4 is 5.91 Å². The van der Waals surface area contributed by atoms with Crippen molar-refractivity contribution in [2.24, 2.45) is 11.7 Å². The van der Waals surface area contributed by atoms with Crippen molar-refractivity contribution in [3.8, 4) is 0 Å². The zero-order chi connectivity index (χ0) is 13.5. The Hall–Kier alpha value is -0.610. The predicted molar refractivity (Wildman–Crippen MR) is 75.3 cm³/mol. The first-order valence-corrected chi connectivity index (χ1v) is 7.23. The summed E-state index contributed by atoms with van der Waals surface area (Å²) in [6.45, 7) is 5.58. The molecule has 0 aliphatic heterocycles. The summed E-state index contributed by atoms with van der Waals surface area (Å²) in [6.07, 6.45) is 5.71. The van der Waals surface area contributed by atoms with Gasteiger partial charge in [-0.05, 0) is 32.2 Å². The SMILES string of the molecule is CC(C)CCNC(=O)CN(C)C1CCCCC1N. The lowest BCUT2D eigenvalue weighted by molar-refractivity contribution is -0.122. The van der Waals surface area contributed by atoms with Crippen molar-refractivity contribution in [1.82, 2.24) is 10.2 Å². The third-order valence-corrected chi connectivity index (χ3v) is 3.78. The summed E-state index contributed by atoms with van der Waals surface area (Å²) >= 11 is 0. The molecule has 1 rings (SSSR count). The molecule has 0 bridgehead atoms. The van der Waals surface area contributed by atoms with Gasteiger partial charge >= 0.3 is 0 Å². The number of hydrogen-bond acceptors (Lipinski definition) is 3. The number of nitrogens with one attached hydrogen (secondary N) is 1. The standard InChI is InChI=1S/C14H29N3O/c1-11(2)8-9-16-14(18)10-17(3)13-7-5-4-6-12(13)15/h11-13H,4-10,15H2,1-3H3,(H,16,18). The van der Waals surface area contributed by atoms with E-state index in [4.69, 9.17) is 5.73 Å². The number of nitrogens with two attached hydrogens (primary N) is 1. The van der Waals surface area contributed by atoms with E-state index in [0.29, 0.717) is 18.5 Å². The molecule has 1 saturated carbocycles. The van der Waals surface area contributed by atoms with Crippen LogP contribution in [0.4, 0.5) is 0 Å². The molecule has 4 nitrogen and oxygen atoms in total. The van der Waals surface area contributed by atoms with Crippen LogP contribution in [0.3, 0.4) is 0 Å². The molecular formula is C14H29N3O. The molecule has 1 fully saturated rings. The predicted octanol–water partition coefficient (Wildman–Crippen LogP) is 1.35. The largest absolute Gasteiger partial charge is 0.355 e. The van der Waals surface area contributed by atoms with Gasteiger partial charge in [0.1, 0.15) is 0 Å². The van der Waals surface area contributed by atoms with E-state index in [0.717, 1.165) is 25.8 Å². The van der Waals surface area contributed by atoms with Crippen LogP contribution in [0.15, 0.2) is 0 Å². The molecule has 0 radical (unpaired) electrons. The Morgan fingerprint density at radius 3 is 2.67 bits per heavy atom. The van der Waals surface area contributed by atoms with Crippen LogP contribution in [0, 0.1) is 5.92 Å². The molecule has 2 atom stereocenters. The summed E-state index contributed by atoms with van der Waals surface area (Å²) in [5, 5.41) is 2.98. The minimum Gasteiger partial charge on any atom is -0.355 e. The maximum Gasteiger partial charge on any atom is 0.234 e. The van der Waals surface area contributed by atoms with Gasteiger partial charge in [-0.2, -0.15) is 0 Å². The van der Waals surface area contributed by atoms with Crippen LogP contribution in [0.1, 0.15) is 46.0 Å². The highest BCUT2D eigenvalue weighted by molar-refractivity contribution is 5.77. The van der Waals surface area contributed by atoms with Crippen molar-refractivity contribution < 1.29 is 4.79 Å². The average Bonchev–Trinajstić information content (AvgIpc) is 2.28. The van der Waals surface area contributed by atoms with E-state index >= 15 is 0 Å². The van der Waals surface area contributed by atoms with Crippen molar-refractivity contribution in [3.05, 3.63) is 0 Å². The van der Waals surface area contributed by atoms with Gasteiger partial charge in [0.25, 0.3) is 0 Å². The first-order valence-electron chi connectivity index (χ1n) is 7.23. The monoisotopic (exact) mass is 255 g/mol. The van der Waals surface area contributed by atoms with Crippen LogP contribution in [-0.4, -0.2) is 43.0 Å². The zero-order valence-corrected chi connectivity index (χ0v) is 12.1. The molecule has 1 aliphatic rings. The van der Waals surface area contributed by atoms with Crippen LogP contribution in [0.2, 0.25) is 0 Å². The van der Waals surface area contributed by atoms with E-state index in [1.807, 2.05) is 7.05 Å². The topological polar surface area (TPSA) is 58.4 Å². The summed E-state index contributed by atoms with van der Waals surface area (Å²) in [4.78, 5) is 13.9. The number of likely N-dealkylation sites (N-methyl/N-ethyl adjacent to an activating group) is 1. The molecule has 0 aromatic carbocycles. The maximum atomic E-state index is 11.8. The normalized spacial score (nSPS) is 24.6. The summed E-state index contributed by atoms with van der Waals surface area (Å²) < 4.78 is 0. The molecule has 18 heavy (non-hydrogen) atoms. The highest BCUT2D eigenvalue weighted by atomic mass is 16.2. The quantitative estimate of drug-likeness (QED) is 0.753. The number of amides is 1. The van der Waals surface area contributed by atoms with Gasteiger partial charge in [0.2, 0.25) is 5.91 Å². The third kappa shape index (κ3) is 5.36. The second-order valence-corrected chi connectivity index (χ2v) is 5.96. The molecule has 106 valence electrons. The van der Waals surface area contributed by atoms with Crippen LogP contribution >= 0.6 is 0 Å². The smallest absolute Gasteiger partial charge is 0.234 e. The highest BCUT2D eigenvalue weighted by Gasteiger charge is 2.26. The van der Waals surface area contributed by atoms with E-state index in [-0.39, 0.29) is 11.9 Å². The van der Waals surface area contributed by atoms with Gasteiger partial charge in [0, 0.05) is 18.6 Å². The Kier molecular flexibility index (Phi) is 6.65. The second kappa shape index (κ2) is 7.74. The van der Waals surface area contributed by atoms with E-state index in [1.54, 1.807) is 0 Å². The Morgan fingerprint density at radius 1 is 1.39 bits per heavy atom. The van der Waals surface area contributed by atoms with Gasteiger partial charge < -0.3 is 11.1 Å². The van der Waals surface area contributed by atoms with E-state index in [9.17, 15) is 4.79 Å². The van der Waals surface area contributed by atoms with E-state index in [1.165, 1.54) is 12.8 Å². The Bertz CT molecular complexity index is 255. The number of carbonyl (C=O) groups is 1. The van der Waals surface area contributed by atoms with Gasteiger partial charge in [0.05, 0.1) is 6.54 Å². The summed E-state index contributed by atoms with van der Waals surface area (Å²) in [7, 11) is 2.01. The van der Waals surface area contributed by atoms with E-state index < -0.39 is 0 Å². The molecule has 4 heteroatoms. The molecule has 1 amide bonds. The molecule has 2 unspecified atom stereocenters. The lowest BCUT2D eigenvalue weighted by Crippen LogP contribution is -2.50.